The predicted octanol–water partition coefficient (Wildman–Crippen LogP) is 6.01. The van der Waals surface area contributed by atoms with E-state index in [0.29, 0.717) is 0 Å². The van der Waals surface area contributed by atoms with Crippen LogP contribution >= 0.6 is 31.9 Å². The molecule has 0 amide bonds. The average molecular weight is 360 g/mol. The topological polar surface area (TPSA) is 0 Å². The summed E-state index contributed by atoms with van der Waals surface area (Å²) in [5.74, 6) is 0. The van der Waals surface area contributed by atoms with E-state index in [4.69, 9.17) is 0 Å². The number of halogens is 2. The molecule has 0 saturated carbocycles. The van der Waals surface area contributed by atoms with Gasteiger partial charge >= 0.3 is 0 Å². The molecular formula is C16H8Br2. The van der Waals surface area contributed by atoms with Gasteiger partial charge in [-0.15, -0.1) is 0 Å². The second-order valence-corrected chi connectivity index (χ2v) is 6.14. The van der Waals surface area contributed by atoms with Gasteiger partial charge in [-0.2, -0.15) is 0 Å². The summed E-state index contributed by atoms with van der Waals surface area (Å²) in [6, 6.07) is 17.3. The van der Waals surface area contributed by atoms with Gasteiger partial charge in [0.05, 0.1) is 0 Å². The van der Waals surface area contributed by atoms with Crippen LogP contribution in [0.15, 0.2) is 57.5 Å². The maximum Gasteiger partial charge on any atom is 0.0402 e. The maximum atomic E-state index is 3.72. The monoisotopic (exact) mass is 358 g/mol. The third kappa shape index (κ3) is 1.25. The van der Waals surface area contributed by atoms with Crippen molar-refractivity contribution in [3.63, 3.8) is 0 Å². The van der Waals surface area contributed by atoms with Crippen LogP contribution in [0.2, 0.25) is 0 Å². The van der Waals surface area contributed by atoms with Gasteiger partial charge in [-0.25, -0.2) is 0 Å². The van der Waals surface area contributed by atoms with Crippen LogP contribution in [0.5, 0.6) is 0 Å². The normalized spacial score (nSPS) is 11.9. The van der Waals surface area contributed by atoms with E-state index in [-0.39, 0.29) is 0 Å². The fourth-order valence-corrected chi connectivity index (χ4v) is 3.78. The van der Waals surface area contributed by atoms with E-state index in [0.717, 1.165) is 8.95 Å². The summed E-state index contributed by atoms with van der Waals surface area (Å²) < 4.78 is 2.26. The molecule has 3 aromatic carbocycles. The highest BCUT2D eigenvalue weighted by atomic mass is 79.9. The Morgan fingerprint density at radius 1 is 0.722 bits per heavy atom. The van der Waals surface area contributed by atoms with Crippen molar-refractivity contribution in [2.75, 3.05) is 0 Å². The Balaban J connectivity index is 2.33. The third-order valence-corrected chi connectivity index (χ3v) is 5.53. The summed E-state index contributed by atoms with van der Waals surface area (Å²) in [5.41, 5.74) is 5.30. The number of hydrogen-bond acceptors (Lipinski definition) is 0. The zero-order valence-corrected chi connectivity index (χ0v) is 12.5. The van der Waals surface area contributed by atoms with Gasteiger partial charge in [0.25, 0.3) is 0 Å². The van der Waals surface area contributed by atoms with E-state index in [2.05, 4.69) is 80.4 Å². The van der Waals surface area contributed by atoms with Crippen molar-refractivity contribution in [2.45, 2.75) is 0 Å². The lowest BCUT2D eigenvalue weighted by atomic mass is 10.0. The molecule has 18 heavy (non-hydrogen) atoms. The number of benzene rings is 3. The first-order chi connectivity index (χ1) is 8.77. The molecule has 0 nitrogen and oxygen atoms in total. The molecule has 0 aromatic heterocycles. The molecule has 0 radical (unpaired) electrons. The molecule has 3 aromatic rings. The molecule has 1 aliphatic rings. The number of hydrogen-bond donors (Lipinski definition) is 0. The molecule has 0 fully saturated rings. The van der Waals surface area contributed by atoms with E-state index in [1.54, 1.807) is 0 Å². The van der Waals surface area contributed by atoms with E-state index >= 15 is 0 Å². The first-order valence-electron chi connectivity index (χ1n) is 5.78. The van der Waals surface area contributed by atoms with Crippen molar-refractivity contribution in [1.82, 2.24) is 0 Å². The van der Waals surface area contributed by atoms with Crippen LogP contribution in [0.4, 0.5) is 0 Å². The zero-order valence-electron chi connectivity index (χ0n) is 9.37. The maximum absolute atomic E-state index is 3.72. The first-order valence-corrected chi connectivity index (χ1v) is 7.36. The summed E-state index contributed by atoms with van der Waals surface area (Å²) in [7, 11) is 0. The lowest BCUT2D eigenvalue weighted by Gasteiger charge is -2.07. The van der Waals surface area contributed by atoms with Crippen LogP contribution in [-0.4, -0.2) is 0 Å². The van der Waals surface area contributed by atoms with Gasteiger partial charge in [-0.3, -0.25) is 0 Å². The van der Waals surface area contributed by atoms with Crippen LogP contribution in [0.25, 0.3) is 33.0 Å². The molecular weight excluding hydrogens is 352 g/mol. The highest BCUT2D eigenvalue weighted by Gasteiger charge is 2.23. The third-order valence-electron chi connectivity index (χ3n) is 3.54. The zero-order chi connectivity index (χ0) is 12.3. The SMILES string of the molecule is Brc1cc2cccc3c2c(c1Br)-c1ccccc1-3. The van der Waals surface area contributed by atoms with Crippen molar-refractivity contribution < 1.29 is 0 Å². The second-order valence-electron chi connectivity index (χ2n) is 4.50. The highest BCUT2D eigenvalue weighted by molar-refractivity contribution is 9.13. The van der Waals surface area contributed by atoms with Gasteiger partial charge < -0.3 is 0 Å². The minimum Gasteiger partial charge on any atom is -0.0616 e. The van der Waals surface area contributed by atoms with E-state index in [1.165, 1.54) is 33.0 Å². The molecule has 0 atom stereocenters. The molecule has 4 rings (SSSR count). The van der Waals surface area contributed by atoms with Crippen molar-refractivity contribution in [1.29, 1.82) is 0 Å². The largest absolute Gasteiger partial charge is 0.0616 e. The Morgan fingerprint density at radius 3 is 2.28 bits per heavy atom. The van der Waals surface area contributed by atoms with Gasteiger partial charge in [0.2, 0.25) is 0 Å². The summed E-state index contributed by atoms with van der Waals surface area (Å²) >= 11 is 7.35. The van der Waals surface area contributed by atoms with Gasteiger partial charge in [0.1, 0.15) is 0 Å². The van der Waals surface area contributed by atoms with Crippen LogP contribution < -0.4 is 0 Å². The summed E-state index contributed by atoms with van der Waals surface area (Å²) in [5, 5.41) is 2.64. The van der Waals surface area contributed by atoms with Gasteiger partial charge in [-0.1, -0.05) is 42.5 Å². The summed E-state index contributed by atoms with van der Waals surface area (Å²) in [4.78, 5) is 0. The Labute approximate surface area is 122 Å². The van der Waals surface area contributed by atoms with Crippen molar-refractivity contribution in [3.8, 4) is 22.3 Å². The van der Waals surface area contributed by atoms with Crippen LogP contribution in [-0.2, 0) is 0 Å². The van der Waals surface area contributed by atoms with Crippen LogP contribution in [0, 0.1) is 0 Å². The van der Waals surface area contributed by atoms with E-state index in [9.17, 15) is 0 Å². The molecule has 86 valence electrons. The summed E-state index contributed by atoms with van der Waals surface area (Å²) in [6.45, 7) is 0. The molecule has 0 unspecified atom stereocenters. The van der Waals surface area contributed by atoms with Gasteiger partial charge in [0.15, 0.2) is 0 Å². The fraction of sp³-hybridized carbons (Fsp3) is 0. The predicted molar refractivity (Wildman–Crippen MR) is 83.8 cm³/mol. The molecule has 0 N–H and O–H groups in total. The molecule has 0 spiro atoms. The van der Waals surface area contributed by atoms with Crippen LogP contribution in [0.1, 0.15) is 0 Å². The van der Waals surface area contributed by atoms with Gasteiger partial charge in [-0.05, 0) is 65.4 Å². The molecule has 0 bridgehead atoms. The minimum absolute atomic E-state index is 1.11. The highest BCUT2D eigenvalue weighted by Crippen LogP contribution is 2.51. The van der Waals surface area contributed by atoms with Gasteiger partial charge in [0, 0.05) is 14.5 Å². The average Bonchev–Trinajstić information content (AvgIpc) is 2.73. The lowest BCUT2D eigenvalue weighted by Crippen LogP contribution is -1.80. The molecule has 0 saturated heterocycles. The quantitative estimate of drug-likeness (QED) is 0.360. The standard InChI is InChI=1S/C16H8Br2/c17-13-8-9-4-3-7-11-10-5-1-2-6-12(10)15(14(9)11)16(13)18/h1-8H. The Hall–Kier alpha value is -1.12. The molecule has 0 heterocycles. The minimum atomic E-state index is 1.11. The van der Waals surface area contributed by atoms with Crippen molar-refractivity contribution in [2.24, 2.45) is 0 Å². The lowest BCUT2D eigenvalue weighted by molar-refractivity contribution is 1.64. The first kappa shape index (κ1) is 10.8. The van der Waals surface area contributed by atoms with Crippen molar-refractivity contribution in [3.05, 3.63) is 57.5 Å². The number of fused-ring (bicyclic) bond motifs is 3. The summed E-state index contributed by atoms with van der Waals surface area (Å²) in [6.07, 6.45) is 0. The second kappa shape index (κ2) is 3.69. The van der Waals surface area contributed by atoms with E-state index in [1.807, 2.05) is 0 Å². The Kier molecular flexibility index (Phi) is 2.21. The molecule has 0 aliphatic heterocycles. The smallest absolute Gasteiger partial charge is 0.0402 e. The number of rotatable bonds is 0. The molecule has 1 aliphatic carbocycles. The fourth-order valence-electron chi connectivity index (χ4n) is 2.81. The Bertz CT molecular complexity index is 804. The van der Waals surface area contributed by atoms with E-state index < -0.39 is 0 Å². The Morgan fingerprint density at radius 2 is 1.44 bits per heavy atom. The van der Waals surface area contributed by atoms with Crippen molar-refractivity contribution >= 4 is 42.6 Å². The van der Waals surface area contributed by atoms with Crippen LogP contribution in [0.3, 0.4) is 0 Å². The molecule has 2 heteroatoms.